The number of hydrogen-bond acceptors (Lipinski definition) is 5. The summed E-state index contributed by atoms with van der Waals surface area (Å²) in [6.07, 6.45) is 36.0. The van der Waals surface area contributed by atoms with E-state index in [0.717, 1.165) is 25.7 Å². The van der Waals surface area contributed by atoms with Crippen LogP contribution in [0.15, 0.2) is 0 Å². The van der Waals surface area contributed by atoms with Crippen LogP contribution in [0.25, 0.3) is 0 Å². The first-order chi connectivity index (χ1) is 18.7. The molecule has 0 aliphatic rings. The summed E-state index contributed by atoms with van der Waals surface area (Å²) in [5, 5.41) is 9.00. The molecular weight excluding hydrogens is 495 g/mol. The van der Waals surface area contributed by atoms with Crippen molar-refractivity contribution in [2.45, 2.75) is 194 Å². The Balaban J connectivity index is 3.40. The van der Waals surface area contributed by atoms with E-state index in [0.29, 0.717) is 13.2 Å². The standard InChI is InChI=1S/C32H67O5P/c1-3-5-7-9-11-13-15-17-19-21-23-25-27-29-31-35-38(34,37-33)36-32-30-28-26-24-22-20-18-16-14-12-10-8-6-4-2/h33H,3-32H2,1-2H3. The Hall–Kier alpha value is 0.0700. The molecule has 0 heterocycles. The molecule has 0 saturated heterocycles. The summed E-state index contributed by atoms with van der Waals surface area (Å²) in [5.74, 6) is 0. The predicted molar refractivity (Wildman–Crippen MR) is 164 cm³/mol. The van der Waals surface area contributed by atoms with Crippen molar-refractivity contribution in [3.63, 3.8) is 0 Å². The molecule has 0 rings (SSSR count). The van der Waals surface area contributed by atoms with Crippen LogP contribution < -0.4 is 0 Å². The minimum atomic E-state index is -3.82. The maximum atomic E-state index is 12.3. The fraction of sp³-hybridized carbons (Fsp3) is 1.00. The molecule has 0 saturated carbocycles. The molecule has 0 aromatic rings. The van der Waals surface area contributed by atoms with Crippen LogP contribution in [0.2, 0.25) is 0 Å². The first kappa shape index (κ1) is 38.1. The molecule has 0 aliphatic heterocycles. The van der Waals surface area contributed by atoms with Crippen molar-refractivity contribution in [2.75, 3.05) is 13.2 Å². The topological polar surface area (TPSA) is 65.0 Å². The molecule has 230 valence electrons. The molecule has 0 fully saturated rings. The van der Waals surface area contributed by atoms with Crippen LogP contribution in [0.1, 0.15) is 194 Å². The van der Waals surface area contributed by atoms with Crippen LogP contribution in [0, 0.1) is 0 Å². The minimum absolute atomic E-state index is 0.300. The molecule has 0 amide bonds. The molecule has 0 aromatic carbocycles. The smallest absolute Gasteiger partial charge is 0.285 e. The van der Waals surface area contributed by atoms with Gasteiger partial charge < -0.3 is 0 Å². The molecule has 38 heavy (non-hydrogen) atoms. The second-order valence-electron chi connectivity index (χ2n) is 11.4. The van der Waals surface area contributed by atoms with Crippen LogP contribution in [-0.4, -0.2) is 18.5 Å². The van der Waals surface area contributed by atoms with Gasteiger partial charge in [0.2, 0.25) is 0 Å². The van der Waals surface area contributed by atoms with Gasteiger partial charge in [-0.3, -0.25) is 9.05 Å². The Morgan fingerprint density at radius 1 is 0.395 bits per heavy atom. The van der Waals surface area contributed by atoms with Gasteiger partial charge in [-0.25, -0.2) is 9.82 Å². The lowest BCUT2D eigenvalue weighted by atomic mass is 10.0. The molecule has 5 nitrogen and oxygen atoms in total. The molecule has 0 atom stereocenters. The molecule has 0 spiro atoms. The van der Waals surface area contributed by atoms with Crippen LogP contribution in [-0.2, 0) is 18.3 Å². The van der Waals surface area contributed by atoms with Gasteiger partial charge in [-0.15, -0.1) is 4.67 Å². The summed E-state index contributed by atoms with van der Waals surface area (Å²) in [6, 6.07) is 0. The number of rotatable bonds is 33. The Morgan fingerprint density at radius 3 is 0.816 bits per heavy atom. The molecule has 1 N–H and O–H groups in total. The highest BCUT2D eigenvalue weighted by Gasteiger charge is 2.26. The van der Waals surface area contributed by atoms with Crippen LogP contribution in [0.5, 0.6) is 0 Å². The van der Waals surface area contributed by atoms with E-state index in [1.54, 1.807) is 0 Å². The lowest BCUT2D eigenvalue weighted by Crippen LogP contribution is -2.01. The summed E-state index contributed by atoms with van der Waals surface area (Å²) in [5.41, 5.74) is 0. The zero-order chi connectivity index (χ0) is 27.8. The molecular formula is C32H67O5P. The lowest BCUT2D eigenvalue weighted by Gasteiger charge is -2.14. The summed E-state index contributed by atoms with van der Waals surface area (Å²) < 4.78 is 27.0. The third kappa shape index (κ3) is 29.1. The van der Waals surface area contributed by atoms with Crippen LogP contribution in [0.3, 0.4) is 0 Å². The second-order valence-corrected chi connectivity index (χ2v) is 13.0. The first-order valence-electron chi connectivity index (χ1n) is 16.9. The summed E-state index contributed by atoms with van der Waals surface area (Å²) in [7, 11) is -3.82. The highest BCUT2D eigenvalue weighted by Crippen LogP contribution is 2.48. The number of hydrogen-bond donors (Lipinski definition) is 1. The van der Waals surface area contributed by atoms with E-state index in [9.17, 15) is 4.57 Å². The third-order valence-electron chi connectivity index (χ3n) is 7.59. The van der Waals surface area contributed by atoms with E-state index < -0.39 is 7.82 Å². The maximum absolute atomic E-state index is 12.3. The van der Waals surface area contributed by atoms with E-state index in [-0.39, 0.29) is 0 Å². The third-order valence-corrected chi connectivity index (χ3v) is 8.79. The van der Waals surface area contributed by atoms with Gasteiger partial charge in [0.15, 0.2) is 0 Å². The number of phosphoric ester groups is 1. The van der Waals surface area contributed by atoms with Crippen LogP contribution >= 0.6 is 7.82 Å². The molecule has 0 aromatic heterocycles. The van der Waals surface area contributed by atoms with E-state index in [2.05, 4.69) is 18.5 Å². The average Bonchev–Trinajstić information content (AvgIpc) is 2.93. The fourth-order valence-electron chi connectivity index (χ4n) is 5.03. The fourth-order valence-corrected chi connectivity index (χ4v) is 5.90. The highest BCUT2D eigenvalue weighted by atomic mass is 31.2. The Kier molecular flexibility index (Phi) is 31.7. The van der Waals surface area contributed by atoms with E-state index in [1.807, 2.05) is 0 Å². The van der Waals surface area contributed by atoms with Gasteiger partial charge in [0, 0.05) is 0 Å². The SMILES string of the molecule is CCCCCCCCCCCCCCCCOP(=O)(OO)OCCCCCCCCCCCCCCCC. The maximum Gasteiger partial charge on any atom is 0.501 e. The summed E-state index contributed by atoms with van der Waals surface area (Å²) in [4.78, 5) is 0. The number of phosphoric acid groups is 1. The molecule has 6 heteroatoms. The molecule has 0 bridgehead atoms. The zero-order valence-electron chi connectivity index (χ0n) is 25.7. The second kappa shape index (κ2) is 31.6. The van der Waals surface area contributed by atoms with Crippen molar-refractivity contribution < 1.29 is 23.5 Å². The van der Waals surface area contributed by atoms with Crippen molar-refractivity contribution in [2.24, 2.45) is 0 Å². The van der Waals surface area contributed by atoms with Crippen molar-refractivity contribution >= 4 is 7.82 Å². The molecule has 0 radical (unpaired) electrons. The predicted octanol–water partition coefficient (Wildman–Crippen LogP) is 12.6. The summed E-state index contributed by atoms with van der Waals surface area (Å²) in [6.45, 7) is 5.14. The van der Waals surface area contributed by atoms with Gasteiger partial charge in [0.1, 0.15) is 0 Å². The Morgan fingerprint density at radius 2 is 0.605 bits per heavy atom. The normalized spacial score (nSPS) is 12.0. The van der Waals surface area contributed by atoms with Gasteiger partial charge >= 0.3 is 7.82 Å². The van der Waals surface area contributed by atoms with Gasteiger partial charge in [-0.05, 0) is 12.8 Å². The zero-order valence-corrected chi connectivity index (χ0v) is 26.6. The van der Waals surface area contributed by atoms with Crippen LogP contribution in [0.4, 0.5) is 0 Å². The first-order valence-corrected chi connectivity index (χ1v) is 18.4. The van der Waals surface area contributed by atoms with Crippen molar-refractivity contribution in [3.05, 3.63) is 0 Å². The van der Waals surface area contributed by atoms with Gasteiger partial charge in [-0.2, -0.15) is 0 Å². The van der Waals surface area contributed by atoms with Crippen molar-refractivity contribution in [3.8, 4) is 0 Å². The van der Waals surface area contributed by atoms with E-state index >= 15 is 0 Å². The minimum Gasteiger partial charge on any atom is -0.285 e. The van der Waals surface area contributed by atoms with E-state index in [1.165, 1.54) is 154 Å². The molecule has 0 aliphatic carbocycles. The van der Waals surface area contributed by atoms with Gasteiger partial charge in [0.05, 0.1) is 13.2 Å². The van der Waals surface area contributed by atoms with E-state index in [4.69, 9.17) is 14.3 Å². The number of unbranched alkanes of at least 4 members (excludes halogenated alkanes) is 26. The van der Waals surface area contributed by atoms with Gasteiger partial charge in [-0.1, -0.05) is 181 Å². The van der Waals surface area contributed by atoms with Crippen molar-refractivity contribution in [1.29, 1.82) is 0 Å². The van der Waals surface area contributed by atoms with Gasteiger partial charge in [0.25, 0.3) is 0 Å². The van der Waals surface area contributed by atoms with Crippen molar-refractivity contribution in [1.82, 2.24) is 0 Å². The molecule has 0 unspecified atom stereocenters. The average molecular weight is 563 g/mol. The monoisotopic (exact) mass is 562 g/mol. The Bertz CT molecular complexity index is 450. The summed E-state index contributed by atoms with van der Waals surface area (Å²) >= 11 is 0. The Labute approximate surface area is 238 Å². The largest absolute Gasteiger partial charge is 0.501 e. The lowest BCUT2D eigenvalue weighted by molar-refractivity contribution is -0.166. The highest BCUT2D eigenvalue weighted by molar-refractivity contribution is 7.48. The quantitative estimate of drug-likeness (QED) is 0.0373.